The van der Waals surface area contributed by atoms with Crippen molar-refractivity contribution in [3.05, 3.63) is 30.1 Å². The Labute approximate surface area is 127 Å². The molecule has 0 aromatic heterocycles. The molecule has 6 heteroatoms. The second-order valence-electron chi connectivity index (χ2n) is 5.30. The number of carbonyl (C=O) groups excluding carboxylic acids is 1. The lowest BCUT2D eigenvalue weighted by Gasteiger charge is -2.41. The van der Waals surface area contributed by atoms with E-state index in [0.717, 1.165) is 24.2 Å². The summed E-state index contributed by atoms with van der Waals surface area (Å²) in [6.45, 7) is 0. The number of carbonyl (C=O) groups is 2. The van der Waals surface area contributed by atoms with Gasteiger partial charge in [-0.1, -0.05) is 0 Å². The topological polar surface area (TPSA) is 66.4 Å². The first-order chi connectivity index (χ1) is 9.99. The number of amides is 1. The molecular formula is C15H18FNO3S. The van der Waals surface area contributed by atoms with E-state index >= 15 is 0 Å². The van der Waals surface area contributed by atoms with Crippen LogP contribution in [-0.4, -0.2) is 28.3 Å². The van der Waals surface area contributed by atoms with Crippen molar-refractivity contribution in [2.24, 2.45) is 0 Å². The van der Waals surface area contributed by atoms with Crippen LogP contribution in [0.3, 0.4) is 0 Å². The Morgan fingerprint density at radius 2 is 1.95 bits per heavy atom. The minimum Gasteiger partial charge on any atom is -0.481 e. The van der Waals surface area contributed by atoms with Crippen molar-refractivity contribution in [3.63, 3.8) is 0 Å². The van der Waals surface area contributed by atoms with E-state index in [1.165, 1.54) is 23.9 Å². The van der Waals surface area contributed by atoms with E-state index in [2.05, 4.69) is 5.32 Å². The van der Waals surface area contributed by atoms with Gasteiger partial charge in [-0.3, -0.25) is 9.59 Å². The van der Waals surface area contributed by atoms with Gasteiger partial charge in [-0.25, -0.2) is 4.39 Å². The van der Waals surface area contributed by atoms with E-state index in [1.54, 1.807) is 12.1 Å². The molecule has 0 atom stereocenters. The largest absolute Gasteiger partial charge is 0.481 e. The number of rotatable bonds is 7. The molecule has 1 aromatic rings. The standard InChI is InChI=1S/C15H18FNO3S/c16-11-2-4-12(5-3-11)21-9-6-13(18)17-15(7-1-8-15)10-14(19)20/h2-5H,1,6-10H2,(H,17,18)(H,19,20). The number of hydrogen-bond donors (Lipinski definition) is 2. The van der Waals surface area contributed by atoms with Gasteiger partial charge in [0, 0.05) is 17.1 Å². The van der Waals surface area contributed by atoms with Crippen LogP contribution < -0.4 is 5.32 Å². The molecule has 0 heterocycles. The fourth-order valence-electron chi connectivity index (χ4n) is 2.39. The molecule has 1 aliphatic carbocycles. The van der Waals surface area contributed by atoms with Crippen LogP contribution in [0, 0.1) is 5.82 Å². The monoisotopic (exact) mass is 311 g/mol. The summed E-state index contributed by atoms with van der Waals surface area (Å²) in [6.07, 6.45) is 2.73. The summed E-state index contributed by atoms with van der Waals surface area (Å²) in [5.74, 6) is -0.695. The molecule has 0 unspecified atom stereocenters. The van der Waals surface area contributed by atoms with E-state index < -0.39 is 11.5 Å². The fourth-order valence-corrected chi connectivity index (χ4v) is 3.24. The highest BCUT2D eigenvalue weighted by atomic mass is 32.2. The predicted octanol–water partition coefficient (Wildman–Crippen LogP) is 2.82. The first-order valence-corrected chi connectivity index (χ1v) is 7.89. The van der Waals surface area contributed by atoms with Gasteiger partial charge < -0.3 is 10.4 Å². The number of nitrogens with one attached hydrogen (secondary N) is 1. The summed E-state index contributed by atoms with van der Waals surface area (Å²) in [4.78, 5) is 23.6. The predicted molar refractivity (Wildman–Crippen MR) is 78.7 cm³/mol. The van der Waals surface area contributed by atoms with Crippen LogP contribution in [0.2, 0.25) is 0 Å². The van der Waals surface area contributed by atoms with E-state index in [1.807, 2.05) is 0 Å². The smallest absolute Gasteiger partial charge is 0.305 e. The molecule has 0 saturated heterocycles. The summed E-state index contributed by atoms with van der Waals surface area (Å²) in [5.41, 5.74) is -0.538. The van der Waals surface area contributed by atoms with Crippen molar-refractivity contribution < 1.29 is 19.1 Å². The third-order valence-electron chi connectivity index (χ3n) is 3.62. The Morgan fingerprint density at radius 1 is 1.29 bits per heavy atom. The molecule has 2 N–H and O–H groups in total. The Balaban J connectivity index is 1.74. The normalized spacial score (nSPS) is 16.0. The number of thioether (sulfide) groups is 1. The molecular weight excluding hydrogens is 293 g/mol. The van der Waals surface area contributed by atoms with E-state index in [0.29, 0.717) is 12.2 Å². The molecule has 1 aliphatic rings. The summed E-state index contributed by atoms with van der Waals surface area (Å²) in [7, 11) is 0. The fraction of sp³-hybridized carbons (Fsp3) is 0.467. The van der Waals surface area contributed by atoms with Gasteiger partial charge in [-0.15, -0.1) is 11.8 Å². The first kappa shape index (κ1) is 15.8. The molecule has 1 aromatic carbocycles. The minimum atomic E-state index is -0.879. The number of aliphatic carboxylic acids is 1. The molecule has 0 aliphatic heterocycles. The Kier molecular flexibility index (Phi) is 5.22. The zero-order chi connectivity index (χ0) is 15.3. The van der Waals surface area contributed by atoms with Crippen molar-refractivity contribution in [1.29, 1.82) is 0 Å². The highest BCUT2D eigenvalue weighted by Crippen LogP contribution is 2.35. The number of benzene rings is 1. The molecule has 1 saturated carbocycles. The molecule has 0 radical (unpaired) electrons. The van der Waals surface area contributed by atoms with Crippen molar-refractivity contribution in [2.75, 3.05) is 5.75 Å². The van der Waals surface area contributed by atoms with E-state index in [4.69, 9.17) is 5.11 Å². The van der Waals surface area contributed by atoms with Gasteiger partial charge in [0.05, 0.1) is 12.0 Å². The quantitative estimate of drug-likeness (QED) is 0.760. The molecule has 4 nitrogen and oxygen atoms in total. The Bertz CT molecular complexity index is 514. The van der Waals surface area contributed by atoms with Gasteiger partial charge in [0.1, 0.15) is 5.82 Å². The second kappa shape index (κ2) is 6.93. The highest BCUT2D eigenvalue weighted by molar-refractivity contribution is 7.99. The number of carboxylic acids is 1. The van der Waals surface area contributed by atoms with E-state index in [9.17, 15) is 14.0 Å². The van der Waals surface area contributed by atoms with Crippen LogP contribution in [0.25, 0.3) is 0 Å². The average Bonchev–Trinajstić information content (AvgIpc) is 2.38. The third kappa shape index (κ3) is 4.74. The SMILES string of the molecule is O=C(O)CC1(NC(=O)CCSc2ccc(F)cc2)CCC1. The van der Waals surface area contributed by atoms with E-state index in [-0.39, 0.29) is 18.1 Å². The minimum absolute atomic E-state index is 0.0101. The molecule has 0 bridgehead atoms. The lowest BCUT2D eigenvalue weighted by molar-refractivity contribution is -0.140. The maximum absolute atomic E-state index is 12.8. The van der Waals surface area contributed by atoms with Gasteiger partial charge in [0.15, 0.2) is 0 Å². The second-order valence-corrected chi connectivity index (χ2v) is 6.47. The Hall–Kier alpha value is -1.56. The van der Waals surface area contributed by atoms with Gasteiger partial charge in [0.25, 0.3) is 0 Å². The lowest BCUT2D eigenvalue weighted by atomic mass is 9.74. The number of carboxylic acid groups (broad SMARTS) is 1. The van der Waals surface area contributed by atoms with Crippen molar-refractivity contribution >= 4 is 23.6 Å². The van der Waals surface area contributed by atoms with Crippen molar-refractivity contribution in [1.82, 2.24) is 5.32 Å². The van der Waals surface area contributed by atoms with Gasteiger partial charge in [0.2, 0.25) is 5.91 Å². The molecule has 1 amide bonds. The van der Waals surface area contributed by atoms with Crippen LogP contribution >= 0.6 is 11.8 Å². The van der Waals surface area contributed by atoms with Crippen LogP contribution in [0.1, 0.15) is 32.1 Å². The average molecular weight is 311 g/mol. The molecule has 0 spiro atoms. The third-order valence-corrected chi connectivity index (χ3v) is 4.63. The molecule has 1 fully saturated rings. The van der Waals surface area contributed by atoms with Gasteiger partial charge in [-0.05, 0) is 43.5 Å². The van der Waals surface area contributed by atoms with Gasteiger partial charge in [-0.2, -0.15) is 0 Å². The maximum Gasteiger partial charge on any atom is 0.305 e. The summed E-state index contributed by atoms with van der Waals surface area (Å²) >= 11 is 1.48. The summed E-state index contributed by atoms with van der Waals surface area (Å²) in [5, 5.41) is 11.8. The molecule has 21 heavy (non-hydrogen) atoms. The number of halogens is 1. The molecule has 114 valence electrons. The van der Waals surface area contributed by atoms with Crippen LogP contribution in [0.5, 0.6) is 0 Å². The zero-order valence-corrected chi connectivity index (χ0v) is 12.4. The summed E-state index contributed by atoms with van der Waals surface area (Å²) < 4.78 is 12.8. The highest BCUT2D eigenvalue weighted by Gasteiger charge is 2.40. The molecule has 2 rings (SSSR count). The van der Waals surface area contributed by atoms with Crippen LogP contribution in [0.4, 0.5) is 4.39 Å². The van der Waals surface area contributed by atoms with Gasteiger partial charge >= 0.3 is 5.97 Å². The number of hydrogen-bond acceptors (Lipinski definition) is 3. The Morgan fingerprint density at radius 3 is 2.48 bits per heavy atom. The summed E-state index contributed by atoms with van der Waals surface area (Å²) in [6, 6.07) is 6.13. The first-order valence-electron chi connectivity index (χ1n) is 6.90. The maximum atomic E-state index is 12.8. The van der Waals surface area contributed by atoms with Crippen molar-refractivity contribution in [3.8, 4) is 0 Å². The lowest BCUT2D eigenvalue weighted by Crippen LogP contribution is -2.54. The van der Waals surface area contributed by atoms with Crippen LogP contribution in [-0.2, 0) is 9.59 Å². The van der Waals surface area contributed by atoms with Crippen molar-refractivity contribution in [2.45, 2.75) is 42.5 Å². The zero-order valence-electron chi connectivity index (χ0n) is 11.6. The van der Waals surface area contributed by atoms with Crippen LogP contribution in [0.15, 0.2) is 29.2 Å².